The van der Waals surface area contributed by atoms with Gasteiger partial charge in [0.2, 0.25) is 5.91 Å². The smallest absolute Gasteiger partial charge is 0.251 e. The van der Waals surface area contributed by atoms with Gasteiger partial charge in [-0.3, -0.25) is 14.4 Å². The Labute approximate surface area is 167 Å². The van der Waals surface area contributed by atoms with Gasteiger partial charge in [0.05, 0.1) is 6.54 Å². The number of Topliss-reactive ketones (excluding diaryl/α,β-unsaturated/α-hetero) is 1. The SMILES string of the molecule is CC(=O)c1ccc(N2CCN(C(=O)CNC(=O)c3cc(F)cc(F)c3)CC2)cc1. The molecule has 2 aromatic rings. The largest absolute Gasteiger partial charge is 0.368 e. The highest BCUT2D eigenvalue weighted by Crippen LogP contribution is 2.17. The molecule has 152 valence electrons. The number of rotatable bonds is 5. The topological polar surface area (TPSA) is 69.7 Å². The van der Waals surface area contributed by atoms with Gasteiger partial charge in [-0.15, -0.1) is 0 Å². The van der Waals surface area contributed by atoms with Crippen molar-refractivity contribution in [3.63, 3.8) is 0 Å². The van der Waals surface area contributed by atoms with Crippen molar-refractivity contribution in [3.05, 3.63) is 65.2 Å². The summed E-state index contributed by atoms with van der Waals surface area (Å²) in [5.41, 5.74) is 1.45. The van der Waals surface area contributed by atoms with Crippen LogP contribution in [0.4, 0.5) is 14.5 Å². The quantitative estimate of drug-likeness (QED) is 0.781. The number of carbonyl (C=O) groups is 3. The van der Waals surface area contributed by atoms with E-state index in [9.17, 15) is 23.2 Å². The Morgan fingerprint density at radius 3 is 2.03 bits per heavy atom. The predicted octanol–water partition coefficient (Wildman–Crippen LogP) is 2.25. The Bertz CT molecular complexity index is 903. The number of ketones is 1. The van der Waals surface area contributed by atoms with Crippen LogP contribution in [-0.4, -0.2) is 55.2 Å². The van der Waals surface area contributed by atoms with Gasteiger partial charge in [-0.05, 0) is 43.3 Å². The van der Waals surface area contributed by atoms with E-state index in [-0.39, 0.29) is 23.8 Å². The molecule has 0 atom stereocenters. The summed E-state index contributed by atoms with van der Waals surface area (Å²) in [6, 6.07) is 9.83. The van der Waals surface area contributed by atoms with Gasteiger partial charge in [0.1, 0.15) is 11.6 Å². The number of piperazine rings is 1. The van der Waals surface area contributed by atoms with Crippen LogP contribution in [0.5, 0.6) is 0 Å². The summed E-state index contributed by atoms with van der Waals surface area (Å²) in [6.45, 7) is 3.48. The summed E-state index contributed by atoms with van der Waals surface area (Å²) in [6.07, 6.45) is 0. The first kappa shape index (κ1) is 20.4. The van der Waals surface area contributed by atoms with Crippen LogP contribution in [0.25, 0.3) is 0 Å². The van der Waals surface area contributed by atoms with E-state index in [1.165, 1.54) is 6.92 Å². The second-order valence-electron chi connectivity index (χ2n) is 6.81. The predicted molar refractivity (Wildman–Crippen MR) is 104 cm³/mol. The maximum atomic E-state index is 13.2. The highest BCUT2D eigenvalue weighted by Gasteiger charge is 2.22. The molecule has 0 saturated carbocycles. The number of carbonyl (C=O) groups excluding carboxylic acids is 3. The van der Waals surface area contributed by atoms with Crippen molar-refractivity contribution in [1.82, 2.24) is 10.2 Å². The lowest BCUT2D eigenvalue weighted by atomic mass is 10.1. The fourth-order valence-corrected chi connectivity index (χ4v) is 3.18. The fourth-order valence-electron chi connectivity index (χ4n) is 3.18. The van der Waals surface area contributed by atoms with Gasteiger partial charge in [0.15, 0.2) is 5.78 Å². The van der Waals surface area contributed by atoms with Crippen LogP contribution < -0.4 is 10.2 Å². The normalized spacial score (nSPS) is 13.9. The van der Waals surface area contributed by atoms with Crippen LogP contribution >= 0.6 is 0 Å². The molecule has 8 heteroatoms. The lowest BCUT2D eigenvalue weighted by molar-refractivity contribution is -0.130. The molecule has 0 radical (unpaired) electrons. The first-order valence-corrected chi connectivity index (χ1v) is 9.21. The molecule has 6 nitrogen and oxygen atoms in total. The summed E-state index contributed by atoms with van der Waals surface area (Å²) >= 11 is 0. The summed E-state index contributed by atoms with van der Waals surface area (Å²) in [4.78, 5) is 39.4. The van der Waals surface area contributed by atoms with Crippen LogP contribution in [-0.2, 0) is 4.79 Å². The average Bonchev–Trinajstić information content (AvgIpc) is 2.71. The lowest BCUT2D eigenvalue weighted by Crippen LogP contribution is -2.51. The Balaban J connectivity index is 1.49. The molecular formula is C21H21F2N3O3. The fraction of sp³-hybridized carbons (Fsp3) is 0.286. The van der Waals surface area contributed by atoms with E-state index >= 15 is 0 Å². The van der Waals surface area contributed by atoms with Crippen LogP contribution in [0, 0.1) is 11.6 Å². The summed E-state index contributed by atoms with van der Waals surface area (Å²) in [7, 11) is 0. The molecular weight excluding hydrogens is 380 g/mol. The molecule has 1 fully saturated rings. The number of nitrogens with zero attached hydrogens (tertiary/aromatic N) is 2. The second kappa shape index (κ2) is 8.81. The van der Waals surface area contributed by atoms with Crippen molar-refractivity contribution < 1.29 is 23.2 Å². The third-order valence-electron chi connectivity index (χ3n) is 4.80. The Hall–Kier alpha value is -3.29. The number of anilines is 1. The third-order valence-corrected chi connectivity index (χ3v) is 4.80. The van der Waals surface area contributed by atoms with E-state index < -0.39 is 17.5 Å². The number of hydrogen-bond donors (Lipinski definition) is 1. The molecule has 0 spiro atoms. The van der Waals surface area contributed by atoms with Crippen molar-refractivity contribution >= 4 is 23.3 Å². The molecule has 0 unspecified atom stereocenters. The van der Waals surface area contributed by atoms with Crippen molar-refractivity contribution in [3.8, 4) is 0 Å². The molecule has 3 rings (SSSR count). The van der Waals surface area contributed by atoms with Gasteiger partial charge < -0.3 is 15.1 Å². The van der Waals surface area contributed by atoms with Gasteiger partial charge in [-0.1, -0.05) is 0 Å². The summed E-state index contributed by atoms with van der Waals surface area (Å²) in [5.74, 6) is -2.67. The van der Waals surface area contributed by atoms with Crippen molar-refractivity contribution in [2.45, 2.75) is 6.92 Å². The van der Waals surface area contributed by atoms with Gasteiger partial charge in [0, 0.05) is 49.1 Å². The Morgan fingerprint density at radius 2 is 1.48 bits per heavy atom. The van der Waals surface area contributed by atoms with E-state index in [4.69, 9.17) is 0 Å². The first-order chi connectivity index (χ1) is 13.8. The Morgan fingerprint density at radius 1 is 0.897 bits per heavy atom. The van der Waals surface area contributed by atoms with Gasteiger partial charge in [-0.2, -0.15) is 0 Å². The van der Waals surface area contributed by atoms with Crippen molar-refractivity contribution in [1.29, 1.82) is 0 Å². The van der Waals surface area contributed by atoms with Crippen LogP contribution in [0.3, 0.4) is 0 Å². The molecule has 1 saturated heterocycles. The van der Waals surface area contributed by atoms with Gasteiger partial charge in [-0.25, -0.2) is 8.78 Å². The zero-order valence-corrected chi connectivity index (χ0v) is 16.0. The molecule has 0 aliphatic carbocycles. The van der Waals surface area contributed by atoms with E-state index in [1.807, 2.05) is 12.1 Å². The minimum absolute atomic E-state index is 0.00925. The van der Waals surface area contributed by atoms with Crippen molar-refractivity contribution in [2.75, 3.05) is 37.6 Å². The molecule has 2 amide bonds. The molecule has 29 heavy (non-hydrogen) atoms. The highest BCUT2D eigenvalue weighted by atomic mass is 19.1. The number of amides is 2. The number of hydrogen-bond acceptors (Lipinski definition) is 4. The van der Waals surface area contributed by atoms with Gasteiger partial charge >= 0.3 is 0 Å². The first-order valence-electron chi connectivity index (χ1n) is 9.21. The number of nitrogens with one attached hydrogen (secondary N) is 1. The van der Waals surface area contributed by atoms with E-state index in [0.29, 0.717) is 37.8 Å². The van der Waals surface area contributed by atoms with Crippen LogP contribution in [0.1, 0.15) is 27.6 Å². The highest BCUT2D eigenvalue weighted by molar-refractivity contribution is 5.96. The maximum absolute atomic E-state index is 13.2. The minimum Gasteiger partial charge on any atom is -0.368 e. The molecule has 1 aliphatic rings. The molecule has 0 aromatic heterocycles. The van der Waals surface area contributed by atoms with E-state index in [1.54, 1.807) is 17.0 Å². The molecule has 1 N–H and O–H groups in total. The Kier molecular flexibility index (Phi) is 6.21. The maximum Gasteiger partial charge on any atom is 0.251 e. The molecule has 1 aliphatic heterocycles. The van der Waals surface area contributed by atoms with E-state index in [0.717, 1.165) is 17.8 Å². The second-order valence-corrected chi connectivity index (χ2v) is 6.81. The monoisotopic (exact) mass is 401 g/mol. The van der Waals surface area contributed by atoms with Crippen LogP contribution in [0.15, 0.2) is 42.5 Å². The number of halogens is 2. The molecule has 2 aromatic carbocycles. The van der Waals surface area contributed by atoms with Crippen molar-refractivity contribution in [2.24, 2.45) is 0 Å². The van der Waals surface area contributed by atoms with Crippen LogP contribution in [0.2, 0.25) is 0 Å². The van der Waals surface area contributed by atoms with Gasteiger partial charge in [0.25, 0.3) is 5.91 Å². The molecule has 1 heterocycles. The lowest BCUT2D eigenvalue weighted by Gasteiger charge is -2.36. The van der Waals surface area contributed by atoms with E-state index in [2.05, 4.69) is 10.2 Å². The third kappa shape index (κ3) is 5.16. The summed E-state index contributed by atoms with van der Waals surface area (Å²) in [5, 5.41) is 2.40. The minimum atomic E-state index is -0.853. The zero-order valence-electron chi connectivity index (χ0n) is 16.0. The standard InChI is InChI=1S/C21H21F2N3O3/c1-14(27)15-2-4-19(5-3-15)25-6-8-26(9-7-25)20(28)13-24-21(29)16-10-17(22)12-18(23)11-16/h2-5,10-12H,6-9,13H2,1H3,(H,24,29). The number of benzene rings is 2. The molecule has 0 bridgehead atoms. The average molecular weight is 401 g/mol. The summed E-state index contributed by atoms with van der Waals surface area (Å²) < 4.78 is 26.4. The zero-order chi connectivity index (χ0) is 21.0.